The van der Waals surface area contributed by atoms with Crippen LogP contribution in [0.15, 0.2) is 0 Å². The average Bonchev–Trinajstić information content (AvgIpc) is 2.85. The maximum Gasteiger partial charge on any atom is 0.404 e. The van der Waals surface area contributed by atoms with Crippen LogP contribution in [0.25, 0.3) is 0 Å². The lowest BCUT2D eigenvalue weighted by Gasteiger charge is -2.29. The van der Waals surface area contributed by atoms with E-state index in [4.69, 9.17) is 5.11 Å². The van der Waals surface area contributed by atoms with Gasteiger partial charge in [-0.1, -0.05) is 0 Å². The van der Waals surface area contributed by atoms with E-state index in [1.54, 1.807) is 0 Å². The summed E-state index contributed by atoms with van der Waals surface area (Å²) in [6, 6.07) is 0.122. The second-order valence-corrected chi connectivity index (χ2v) is 4.14. The summed E-state index contributed by atoms with van der Waals surface area (Å²) in [5.74, 6) is 1.57. The Hall–Kier alpha value is -0.770. The molecule has 13 heavy (non-hydrogen) atoms. The molecule has 0 aromatic heterocycles. The standard InChI is InChI=1S/C9H16N2O2/c12-9(13)11-8-3-7(4-10-5-8)6-1-2-6/h6-8,10-11H,1-5H2,(H,12,13). The van der Waals surface area contributed by atoms with Gasteiger partial charge in [-0.15, -0.1) is 0 Å². The number of hydrogen-bond donors (Lipinski definition) is 3. The molecule has 0 bridgehead atoms. The summed E-state index contributed by atoms with van der Waals surface area (Å²) in [5.41, 5.74) is 0. The molecule has 2 atom stereocenters. The highest BCUT2D eigenvalue weighted by atomic mass is 16.4. The average molecular weight is 184 g/mol. The molecule has 2 fully saturated rings. The van der Waals surface area contributed by atoms with Crippen LogP contribution in [0.4, 0.5) is 4.79 Å². The zero-order valence-corrected chi connectivity index (χ0v) is 7.62. The predicted molar refractivity (Wildman–Crippen MR) is 48.6 cm³/mol. The van der Waals surface area contributed by atoms with E-state index < -0.39 is 6.09 Å². The van der Waals surface area contributed by atoms with Gasteiger partial charge in [0.2, 0.25) is 0 Å². The molecule has 1 saturated carbocycles. The maximum absolute atomic E-state index is 10.4. The lowest BCUT2D eigenvalue weighted by molar-refractivity contribution is 0.181. The van der Waals surface area contributed by atoms with Crippen LogP contribution >= 0.6 is 0 Å². The molecule has 2 rings (SSSR count). The van der Waals surface area contributed by atoms with Crippen LogP contribution in [0, 0.1) is 11.8 Å². The van der Waals surface area contributed by atoms with Crippen LogP contribution in [-0.4, -0.2) is 30.3 Å². The van der Waals surface area contributed by atoms with Crippen molar-refractivity contribution in [1.82, 2.24) is 10.6 Å². The first-order valence-corrected chi connectivity index (χ1v) is 4.96. The monoisotopic (exact) mass is 184 g/mol. The first-order chi connectivity index (χ1) is 6.25. The minimum Gasteiger partial charge on any atom is -0.465 e. The van der Waals surface area contributed by atoms with Crippen LogP contribution in [0.2, 0.25) is 0 Å². The first kappa shape index (κ1) is 8.81. The van der Waals surface area contributed by atoms with Gasteiger partial charge in [-0.2, -0.15) is 0 Å². The minimum atomic E-state index is -0.900. The largest absolute Gasteiger partial charge is 0.465 e. The number of amides is 1. The lowest BCUT2D eigenvalue weighted by atomic mass is 9.92. The summed E-state index contributed by atoms with van der Waals surface area (Å²) >= 11 is 0. The van der Waals surface area contributed by atoms with E-state index in [0.717, 1.165) is 25.4 Å². The van der Waals surface area contributed by atoms with E-state index in [-0.39, 0.29) is 6.04 Å². The lowest BCUT2D eigenvalue weighted by Crippen LogP contribution is -2.48. The fraction of sp³-hybridized carbons (Fsp3) is 0.889. The van der Waals surface area contributed by atoms with E-state index in [1.807, 2.05) is 0 Å². The molecule has 4 nitrogen and oxygen atoms in total. The van der Waals surface area contributed by atoms with Crippen molar-refractivity contribution in [3.05, 3.63) is 0 Å². The van der Waals surface area contributed by atoms with Crippen molar-refractivity contribution >= 4 is 6.09 Å². The Labute approximate surface area is 77.7 Å². The van der Waals surface area contributed by atoms with E-state index in [2.05, 4.69) is 10.6 Å². The smallest absolute Gasteiger partial charge is 0.404 e. The summed E-state index contributed by atoms with van der Waals surface area (Å²) in [5, 5.41) is 14.4. The first-order valence-electron chi connectivity index (χ1n) is 4.96. The highest BCUT2D eigenvalue weighted by molar-refractivity contribution is 5.64. The molecule has 1 saturated heterocycles. The Kier molecular flexibility index (Phi) is 2.40. The van der Waals surface area contributed by atoms with E-state index >= 15 is 0 Å². The molecule has 3 N–H and O–H groups in total. The zero-order chi connectivity index (χ0) is 9.26. The molecule has 1 aliphatic carbocycles. The van der Waals surface area contributed by atoms with E-state index in [1.165, 1.54) is 12.8 Å². The second kappa shape index (κ2) is 3.54. The molecular formula is C9H16N2O2. The van der Waals surface area contributed by atoms with Gasteiger partial charge in [-0.05, 0) is 37.6 Å². The van der Waals surface area contributed by atoms with Crippen LogP contribution in [0.3, 0.4) is 0 Å². The van der Waals surface area contributed by atoms with Gasteiger partial charge in [-0.3, -0.25) is 0 Å². The molecule has 2 aliphatic rings. The van der Waals surface area contributed by atoms with Crippen molar-refractivity contribution < 1.29 is 9.90 Å². The molecule has 1 aliphatic heterocycles. The van der Waals surface area contributed by atoms with Crippen molar-refractivity contribution in [1.29, 1.82) is 0 Å². The van der Waals surface area contributed by atoms with Gasteiger partial charge in [0, 0.05) is 12.6 Å². The van der Waals surface area contributed by atoms with Crippen molar-refractivity contribution in [3.63, 3.8) is 0 Å². The van der Waals surface area contributed by atoms with Gasteiger partial charge in [0.25, 0.3) is 0 Å². The molecule has 0 radical (unpaired) electrons. The van der Waals surface area contributed by atoms with Crippen molar-refractivity contribution in [2.45, 2.75) is 25.3 Å². The van der Waals surface area contributed by atoms with Gasteiger partial charge in [0.15, 0.2) is 0 Å². The summed E-state index contributed by atoms with van der Waals surface area (Å²) in [4.78, 5) is 10.4. The molecule has 74 valence electrons. The molecule has 0 aromatic carbocycles. The fourth-order valence-corrected chi connectivity index (χ4v) is 2.19. The number of carboxylic acid groups (broad SMARTS) is 1. The molecule has 0 aromatic rings. The highest BCUT2D eigenvalue weighted by Gasteiger charge is 2.34. The Morgan fingerprint density at radius 3 is 2.69 bits per heavy atom. The Morgan fingerprint density at radius 1 is 1.31 bits per heavy atom. The Bertz CT molecular complexity index is 204. The number of hydrogen-bond acceptors (Lipinski definition) is 2. The van der Waals surface area contributed by atoms with Crippen LogP contribution in [0.5, 0.6) is 0 Å². The van der Waals surface area contributed by atoms with Crippen LogP contribution < -0.4 is 10.6 Å². The summed E-state index contributed by atoms with van der Waals surface area (Å²) in [6.07, 6.45) is 2.80. The normalized spacial score (nSPS) is 34.2. The predicted octanol–water partition coefficient (Wildman–Crippen LogP) is 0.642. The zero-order valence-electron chi connectivity index (χ0n) is 7.62. The third-order valence-corrected chi connectivity index (χ3v) is 3.00. The SMILES string of the molecule is O=C(O)NC1CNCC(C2CC2)C1. The second-order valence-electron chi connectivity index (χ2n) is 4.14. The van der Waals surface area contributed by atoms with Crippen LogP contribution in [-0.2, 0) is 0 Å². The summed E-state index contributed by atoms with van der Waals surface area (Å²) in [6.45, 7) is 1.86. The Balaban J connectivity index is 1.80. The third kappa shape index (κ3) is 2.34. The molecule has 4 heteroatoms. The van der Waals surface area contributed by atoms with Gasteiger partial charge in [-0.25, -0.2) is 4.79 Å². The molecule has 1 amide bonds. The third-order valence-electron chi connectivity index (χ3n) is 3.00. The minimum absolute atomic E-state index is 0.122. The summed E-state index contributed by atoms with van der Waals surface area (Å²) in [7, 11) is 0. The van der Waals surface area contributed by atoms with E-state index in [9.17, 15) is 4.79 Å². The number of rotatable bonds is 2. The van der Waals surface area contributed by atoms with Crippen molar-refractivity contribution in [2.75, 3.05) is 13.1 Å². The topological polar surface area (TPSA) is 61.4 Å². The van der Waals surface area contributed by atoms with E-state index in [0.29, 0.717) is 5.92 Å². The van der Waals surface area contributed by atoms with Crippen molar-refractivity contribution in [3.8, 4) is 0 Å². The number of nitrogens with one attached hydrogen (secondary N) is 2. The number of carbonyl (C=O) groups is 1. The Morgan fingerprint density at radius 2 is 2.08 bits per heavy atom. The van der Waals surface area contributed by atoms with Crippen LogP contribution in [0.1, 0.15) is 19.3 Å². The number of piperidine rings is 1. The maximum atomic E-state index is 10.4. The molecular weight excluding hydrogens is 168 g/mol. The van der Waals surface area contributed by atoms with Gasteiger partial charge in [0.1, 0.15) is 0 Å². The quantitative estimate of drug-likeness (QED) is 0.590. The molecule has 2 unspecified atom stereocenters. The van der Waals surface area contributed by atoms with Gasteiger partial charge in [0.05, 0.1) is 0 Å². The molecule has 0 spiro atoms. The van der Waals surface area contributed by atoms with Gasteiger partial charge < -0.3 is 15.7 Å². The fourth-order valence-electron chi connectivity index (χ4n) is 2.19. The highest BCUT2D eigenvalue weighted by Crippen LogP contribution is 2.39. The van der Waals surface area contributed by atoms with Crippen molar-refractivity contribution in [2.24, 2.45) is 11.8 Å². The summed E-state index contributed by atoms with van der Waals surface area (Å²) < 4.78 is 0. The van der Waals surface area contributed by atoms with Gasteiger partial charge >= 0.3 is 6.09 Å². The molecule has 1 heterocycles.